The van der Waals surface area contributed by atoms with E-state index in [9.17, 15) is 18.4 Å². The maximum Gasteiger partial charge on any atom is 0.270 e. The smallest absolute Gasteiger partial charge is 0.270 e. The monoisotopic (exact) mass is 660 g/mol. The highest BCUT2D eigenvalue weighted by molar-refractivity contribution is 5.95. The number of nitrogens with one attached hydrogen (secondary N) is 2. The number of halogens is 2. The molecule has 2 aliphatic rings. The van der Waals surface area contributed by atoms with Gasteiger partial charge in [-0.3, -0.25) is 14.6 Å². The number of hydrogen-bond donors (Lipinski definition) is 2. The van der Waals surface area contributed by atoms with Crippen molar-refractivity contribution in [3.63, 3.8) is 0 Å². The van der Waals surface area contributed by atoms with Crippen LogP contribution in [0.25, 0.3) is 28.0 Å². The first-order valence-electron chi connectivity index (χ1n) is 15.5. The van der Waals surface area contributed by atoms with E-state index in [4.69, 9.17) is 10.5 Å². The summed E-state index contributed by atoms with van der Waals surface area (Å²) in [6, 6.07) is 17.3. The second kappa shape index (κ2) is 14.6. The number of amides is 2. The van der Waals surface area contributed by atoms with Gasteiger partial charge in [0.05, 0.1) is 17.5 Å². The largest absolute Gasteiger partial charge is 0.347 e. The molecule has 5 heterocycles. The van der Waals surface area contributed by atoms with E-state index >= 15 is 0 Å². The van der Waals surface area contributed by atoms with Crippen molar-refractivity contribution in [2.75, 3.05) is 26.2 Å². The molecule has 0 bridgehead atoms. The van der Waals surface area contributed by atoms with Crippen LogP contribution in [0.1, 0.15) is 33.7 Å². The topological polar surface area (TPSA) is 155 Å². The van der Waals surface area contributed by atoms with E-state index < -0.39 is 11.7 Å². The second-order valence-electron chi connectivity index (χ2n) is 11.6. The van der Waals surface area contributed by atoms with Gasteiger partial charge in [-0.25, -0.2) is 18.3 Å². The van der Waals surface area contributed by atoms with Gasteiger partial charge >= 0.3 is 0 Å². The van der Waals surface area contributed by atoms with Gasteiger partial charge in [0.15, 0.2) is 18.0 Å². The molecule has 246 valence electrons. The van der Waals surface area contributed by atoms with Crippen molar-refractivity contribution >= 4 is 17.5 Å². The van der Waals surface area contributed by atoms with E-state index in [1.165, 1.54) is 24.3 Å². The predicted molar refractivity (Wildman–Crippen MR) is 174 cm³/mol. The zero-order valence-electron chi connectivity index (χ0n) is 26.1. The standard InChI is InChI=1S/C18H15FN6O.C17H15FN4O/c19-15-9-12(16-5-8-25-17(23-16)3-6-21-25)1-2-14(15)18(26)22-13-4-7-24(10-13)11-20;18-14-4-1-12(2-5-14)13-3-6-16(20-9-13)17(23)21-15-7-8-22(10-15)11-19/h1-3,5-6,8-9,13H,4,7,10H2,(H,22,26);1-6,9,15H,7-8,10H2,(H,21,23)/t13-;15-/m11/s1. The molecule has 2 amide bonds. The maximum absolute atomic E-state index is 14.5. The third-order valence-electron chi connectivity index (χ3n) is 8.27. The van der Waals surface area contributed by atoms with Crippen molar-refractivity contribution in [1.82, 2.24) is 40.0 Å². The molecular weight excluding hydrogens is 630 g/mol. The first kappa shape index (κ1) is 32.5. The molecule has 49 heavy (non-hydrogen) atoms. The highest BCUT2D eigenvalue weighted by Crippen LogP contribution is 2.22. The highest BCUT2D eigenvalue weighted by Gasteiger charge is 2.25. The van der Waals surface area contributed by atoms with Crippen LogP contribution in [0.15, 0.2) is 85.3 Å². The van der Waals surface area contributed by atoms with Crippen molar-refractivity contribution in [2.45, 2.75) is 24.9 Å². The average molecular weight is 661 g/mol. The lowest BCUT2D eigenvalue weighted by molar-refractivity contribution is 0.0925. The van der Waals surface area contributed by atoms with Crippen LogP contribution < -0.4 is 10.6 Å². The molecule has 12 nitrogen and oxygen atoms in total. The first-order chi connectivity index (χ1) is 23.8. The Labute approximate surface area is 280 Å². The Morgan fingerprint density at radius 2 is 1.45 bits per heavy atom. The molecule has 0 unspecified atom stereocenters. The van der Waals surface area contributed by atoms with Crippen molar-refractivity contribution in [3.8, 4) is 34.8 Å². The molecule has 0 radical (unpaired) electrons. The number of rotatable bonds is 6. The van der Waals surface area contributed by atoms with Gasteiger partial charge in [0.25, 0.3) is 11.8 Å². The normalized spacial score (nSPS) is 16.7. The fourth-order valence-corrected chi connectivity index (χ4v) is 5.63. The Hall–Kier alpha value is -6.41. The number of carbonyl (C=O) groups excluding carboxylic acids is 2. The third kappa shape index (κ3) is 7.77. The second-order valence-corrected chi connectivity index (χ2v) is 11.6. The number of aromatic nitrogens is 4. The van der Waals surface area contributed by atoms with Crippen LogP contribution in [-0.4, -0.2) is 79.5 Å². The Morgan fingerprint density at radius 1 is 0.796 bits per heavy atom. The molecule has 2 N–H and O–H groups in total. The Kier molecular flexibility index (Phi) is 9.67. The summed E-state index contributed by atoms with van der Waals surface area (Å²) in [5.41, 5.74) is 3.81. The van der Waals surface area contributed by atoms with Crippen LogP contribution in [0.3, 0.4) is 0 Å². The molecule has 0 spiro atoms. The van der Waals surface area contributed by atoms with Crippen LogP contribution in [0.2, 0.25) is 0 Å². The average Bonchev–Trinajstić information content (AvgIpc) is 3.90. The number of carbonyl (C=O) groups is 2. The molecule has 5 aromatic rings. The van der Waals surface area contributed by atoms with E-state index in [0.717, 1.165) is 17.5 Å². The maximum atomic E-state index is 14.5. The lowest BCUT2D eigenvalue weighted by atomic mass is 10.1. The Bertz CT molecular complexity index is 2050. The Morgan fingerprint density at radius 3 is 2.06 bits per heavy atom. The summed E-state index contributed by atoms with van der Waals surface area (Å²) >= 11 is 0. The molecule has 3 aromatic heterocycles. The molecule has 7 rings (SSSR count). The summed E-state index contributed by atoms with van der Waals surface area (Å²) in [7, 11) is 0. The zero-order chi connectivity index (χ0) is 34.3. The van der Waals surface area contributed by atoms with Crippen molar-refractivity contribution < 1.29 is 18.4 Å². The quantitative estimate of drug-likeness (QED) is 0.257. The number of nitrogens with zero attached hydrogens (tertiary/aromatic N) is 8. The van der Waals surface area contributed by atoms with E-state index in [-0.39, 0.29) is 29.4 Å². The Balaban J connectivity index is 0.000000171. The van der Waals surface area contributed by atoms with E-state index in [1.807, 2.05) is 6.19 Å². The lowest BCUT2D eigenvalue weighted by Crippen LogP contribution is -2.36. The van der Waals surface area contributed by atoms with Gasteiger partial charge in [0, 0.05) is 67.8 Å². The summed E-state index contributed by atoms with van der Waals surface area (Å²) in [5.74, 6) is -1.62. The van der Waals surface area contributed by atoms with Crippen molar-refractivity contribution in [3.05, 3.63) is 108 Å². The molecule has 2 aromatic carbocycles. The van der Waals surface area contributed by atoms with Crippen LogP contribution in [-0.2, 0) is 0 Å². The fourth-order valence-electron chi connectivity index (χ4n) is 5.63. The number of benzene rings is 2. The van der Waals surface area contributed by atoms with Crippen molar-refractivity contribution in [2.24, 2.45) is 0 Å². The molecule has 2 atom stereocenters. The van der Waals surface area contributed by atoms with Gasteiger partial charge in [-0.2, -0.15) is 15.6 Å². The van der Waals surface area contributed by atoms with Gasteiger partial charge in [0.2, 0.25) is 0 Å². The molecular formula is C35H30F2N10O2. The molecule has 0 aliphatic carbocycles. The van der Waals surface area contributed by atoms with Gasteiger partial charge in [-0.1, -0.05) is 24.3 Å². The minimum atomic E-state index is -0.606. The minimum Gasteiger partial charge on any atom is -0.347 e. The van der Waals surface area contributed by atoms with Crippen LogP contribution >= 0.6 is 0 Å². The van der Waals surface area contributed by atoms with Crippen LogP contribution in [0.5, 0.6) is 0 Å². The summed E-state index contributed by atoms with van der Waals surface area (Å²) < 4.78 is 29.0. The molecule has 0 saturated carbocycles. The molecule has 2 aliphatic heterocycles. The van der Waals surface area contributed by atoms with E-state index in [2.05, 4.69) is 31.9 Å². The van der Waals surface area contributed by atoms with Gasteiger partial charge in [-0.15, -0.1) is 0 Å². The predicted octanol–water partition coefficient (Wildman–Crippen LogP) is 3.99. The van der Waals surface area contributed by atoms with E-state index in [1.54, 1.807) is 75.4 Å². The highest BCUT2D eigenvalue weighted by atomic mass is 19.1. The summed E-state index contributed by atoms with van der Waals surface area (Å²) in [4.78, 5) is 36.3. The molecule has 2 saturated heterocycles. The fraction of sp³-hybridized carbons (Fsp3) is 0.229. The first-order valence-corrected chi connectivity index (χ1v) is 15.5. The van der Waals surface area contributed by atoms with Gasteiger partial charge in [-0.05, 0) is 54.8 Å². The molecule has 14 heteroatoms. The van der Waals surface area contributed by atoms with Gasteiger partial charge < -0.3 is 20.4 Å². The number of pyridine rings is 1. The van der Waals surface area contributed by atoms with E-state index in [0.29, 0.717) is 55.2 Å². The molecule has 2 fully saturated rings. The SMILES string of the molecule is N#CN1CC[C@@H](NC(=O)c2ccc(-c3ccc(F)cc3)cn2)C1.N#CN1CC[C@@H](NC(=O)c2ccc(-c3ccn4nccc4n3)cc2F)C1. The van der Waals surface area contributed by atoms with Crippen LogP contribution in [0, 0.1) is 34.5 Å². The van der Waals surface area contributed by atoms with Crippen molar-refractivity contribution in [1.29, 1.82) is 10.5 Å². The summed E-state index contributed by atoms with van der Waals surface area (Å²) in [5, 5.41) is 27.4. The van der Waals surface area contributed by atoms with Gasteiger partial charge in [0.1, 0.15) is 17.3 Å². The lowest BCUT2D eigenvalue weighted by Gasteiger charge is -2.13. The summed E-state index contributed by atoms with van der Waals surface area (Å²) in [6.07, 6.45) is 10.5. The van der Waals surface area contributed by atoms with Crippen LogP contribution in [0.4, 0.5) is 8.78 Å². The zero-order valence-corrected chi connectivity index (χ0v) is 26.1. The number of fused-ring (bicyclic) bond motifs is 1. The third-order valence-corrected chi connectivity index (χ3v) is 8.27. The summed E-state index contributed by atoms with van der Waals surface area (Å²) in [6.45, 7) is 2.26. The number of hydrogen-bond acceptors (Lipinski definition) is 9. The number of likely N-dealkylation sites (tertiary alicyclic amines) is 2. The number of nitriles is 2. The minimum absolute atomic E-state index is 0.0189.